The van der Waals surface area contributed by atoms with Crippen LogP contribution >= 0.6 is 0 Å². The maximum absolute atomic E-state index is 13.2. The van der Waals surface area contributed by atoms with Gasteiger partial charge < -0.3 is 9.80 Å². The zero-order chi connectivity index (χ0) is 21.0. The molecule has 2 fully saturated rings. The lowest BCUT2D eigenvalue weighted by Gasteiger charge is -2.38. The molecule has 0 bridgehead atoms. The predicted molar refractivity (Wildman–Crippen MR) is 122 cm³/mol. The van der Waals surface area contributed by atoms with Gasteiger partial charge in [-0.05, 0) is 75.0 Å². The molecule has 2 aromatic rings. The Morgan fingerprint density at radius 1 is 0.900 bits per heavy atom. The number of amides is 1. The van der Waals surface area contributed by atoms with Gasteiger partial charge in [-0.3, -0.25) is 9.00 Å². The lowest BCUT2D eigenvalue weighted by Crippen LogP contribution is -2.44. The van der Waals surface area contributed by atoms with E-state index in [1.807, 2.05) is 29.2 Å². The van der Waals surface area contributed by atoms with Gasteiger partial charge in [0.05, 0.1) is 5.41 Å². The monoisotopic (exact) mass is 424 g/mol. The summed E-state index contributed by atoms with van der Waals surface area (Å²) in [6, 6.07) is 18.5. The first-order chi connectivity index (χ1) is 14.6. The summed E-state index contributed by atoms with van der Waals surface area (Å²) < 4.78 is 11.6. The molecule has 1 spiro atoms. The quantitative estimate of drug-likeness (QED) is 0.677. The Morgan fingerprint density at radius 3 is 2.23 bits per heavy atom. The minimum Gasteiger partial charge on any atom is -0.338 e. The minimum atomic E-state index is -0.960. The second-order valence-corrected chi connectivity index (χ2v) is 10.2. The summed E-state index contributed by atoms with van der Waals surface area (Å²) >= 11 is 0. The van der Waals surface area contributed by atoms with Crippen LogP contribution in [0.4, 0.5) is 0 Å². The van der Waals surface area contributed by atoms with Crippen LogP contribution in [0.15, 0.2) is 59.5 Å². The van der Waals surface area contributed by atoms with Crippen molar-refractivity contribution in [1.82, 2.24) is 9.80 Å². The highest BCUT2D eigenvalue weighted by atomic mass is 32.2. The zero-order valence-electron chi connectivity index (χ0n) is 17.9. The Bertz CT molecular complexity index is 874. The van der Waals surface area contributed by atoms with Gasteiger partial charge in [-0.25, -0.2) is 0 Å². The van der Waals surface area contributed by atoms with Gasteiger partial charge in [0.2, 0.25) is 5.91 Å². The molecule has 1 atom stereocenters. The van der Waals surface area contributed by atoms with Gasteiger partial charge in [-0.2, -0.15) is 0 Å². The molecule has 0 aliphatic carbocycles. The third-order valence-electron chi connectivity index (χ3n) is 6.83. The van der Waals surface area contributed by atoms with Crippen LogP contribution < -0.4 is 0 Å². The summed E-state index contributed by atoms with van der Waals surface area (Å²) in [7, 11) is -0.960. The average molecular weight is 425 g/mol. The van der Waals surface area contributed by atoms with Gasteiger partial charge in [-0.1, -0.05) is 42.5 Å². The molecule has 2 aliphatic rings. The van der Waals surface area contributed by atoms with Crippen LogP contribution in [-0.4, -0.2) is 52.4 Å². The standard InChI is InChI=1S/C25H32N2O2S/c1-30(29)23-11-9-22(10-12-23)20-27-19-15-25(24(27)28)13-17-26(18-14-25)16-5-8-21-6-3-2-4-7-21/h2-4,6-7,9-12H,5,8,13-20H2,1H3. The highest BCUT2D eigenvalue weighted by molar-refractivity contribution is 7.84. The van der Waals surface area contributed by atoms with E-state index >= 15 is 0 Å². The normalized spacial score (nSPS) is 20.0. The summed E-state index contributed by atoms with van der Waals surface area (Å²) in [6.45, 7) is 4.71. The smallest absolute Gasteiger partial charge is 0.229 e. The number of carbonyl (C=O) groups excluding carboxylic acids is 1. The Labute approximate surface area is 182 Å². The number of hydrogen-bond donors (Lipinski definition) is 0. The first kappa shape index (κ1) is 21.3. The third-order valence-corrected chi connectivity index (χ3v) is 7.76. The Balaban J connectivity index is 1.26. The molecule has 2 heterocycles. The Kier molecular flexibility index (Phi) is 6.69. The molecule has 2 saturated heterocycles. The largest absolute Gasteiger partial charge is 0.338 e. The molecule has 30 heavy (non-hydrogen) atoms. The molecular weight excluding hydrogens is 392 g/mol. The second kappa shape index (κ2) is 9.44. The maximum atomic E-state index is 13.2. The second-order valence-electron chi connectivity index (χ2n) is 8.79. The van der Waals surface area contributed by atoms with Crippen LogP contribution in [0, 0.1) is 5.41 Å². The van der Waals surface area contributed by atoms with Crippen molar-refractivity contribution in [3.8, 4) is 0 Å². The van der Waals surface area contributed by atoms with Crippen molar-refractivity contribution < 1.29 is 9.00 Å². The van der Waals surface area contributed by atoms with E-state index in [0.717, 1.165) is 62.3 Å². The summed E-state index contributed by atoms with van der Waals surface area (Å²) in [4.78, 5) is 18.6. The summed E-state index contributed by atoms with van der Waals surface area (Å²) in [5.74, 6) is 0.342. The average Bonchev–Trinajstić information content (AvgIpc) is 3.06. The van der Waals surface area contributed by atoms with Crippen LogP contribution in [-0.2, 0) is 28.6 Å². The van der Waals surface area contributed by atoms with E-state index in [-0.39, 0.29) is 5.41 Å². The van der Waals surface area contributed by atoms with Gasteiger partial charge in [-0.15, -0.1) is 0 Å². The highest BCUT2D eigenvalue weighted by Gasteiger charge is 2.47. The van der Waals surface area contributed by atoms with Crippen molar-refractivity contribution in [2.24, 2.45) is 5.41 Å². The fourth-order valence-electron chi connectivity index (χ4n) is 4.87. The molecule has 160 valence electrons. The predicted octanol–water partition coefficient (Wildman–Crippen LogP) is 3.87. The van der Waals surface area contributed by atoms with E-state index < -0.39 is 10.8 Å². The fraction of sp³-hybridized carbons (Fsp3) is 0.480. The van der Waals surface area contributed by atoms with E-state index in [0.29, 0.717) is 12.5 Å². The number of rotatable bonds is 7. The van der Waals surface area contributed by atoms with Crippen LogP contribution in [0.25, 0.3) is 0 Å². The van der Waals surface area contributed by atoms with Gasteiger partial charge in [0.1, 0.15) is 0 Å². The number of hydrogen-bond acceptors (Lipinski definition) is 3. The molecule has 0 N–H and O–H groups in total. The number of piperidine rings is 1. The van der Waals surface area contributed by atoms with Crippen molar-refractivity contribution >= 4 is 16.7 Å². The number of aryl methyl sites for hydroxylation is 1. The topological polar surface area (TPSA) is 40.6 Å². The molecule has 4 rings (SSSR count). The van der Waals surface area contributed by atoms with Crippen molar-refractivity contribution in [3.05, 3.63) is 65.7 Å². The molecule has 0 aromatic heterocycles. The van der Waals surface area contributed by atoms with Crippen LogP contribution in [0.3, 0.4) is 0 Å². The molecule has 1 unspecified atom stereocenters. The minimum absolute atomic E-state index is 0.138. The Hall–Kier alpha value is -1.98. The highest BCUT2D eigenvalue weighted by Crippen LogP contribution is 2.42. The van der Waals surface area contributed by atoms with E-state index in [1.54, 1.807) is 6.26 Å². The molecule has 0 saturated carbocycles. The first-order valence-corrected chi connectivity index (χ1v) is 12.6. The first-order valence-electron chi connectivity index (χ1n) is 11.0. The fourth-order valence-corrected chi connectivity index (χ4v) is 5.39. The van der Waals surface area contributed by atoms with Crippen molar-refractivity contribution in [3.63, 3.8) is 0 Å². The van der Waals surface area contributed by atoms with E-state index in [1.165, 1.54) is 12.0 Å². The van der Waals surface area contributed by atoms with Gasteiger partial charge in [0, 0.05) is 35.0 Å². The summed E-state index contributed by atoms with van der Waals surface area (Å²) in [6.07, 6.45) is 6.95. The van der Waals surface area contributed by atoms with E-state index in [9.17, 15) is 9.00 Å². The van der Waals surface area contributed by atoms with Gasteiger partial charge in [0.15, 0.2) is 0 Å². The van der Waals surface area contributed by atoms with Crippen LogP contribution in [0.1, 0.15) is 36.8 Å². The van der Waals surface area contributed by atoms with Crippen LogP contribution in [0.5, 0.6) is 0 Å². The molecule has 0 radical (unpaired) electrons. The summed E-state index contributed by atoms with van der Waals surface area (Å²) in [5.41, 5.74) is 2.39. The summed E-state index contributed by atoms with van der Waals surface area (Å²) in [5, 5.41) is 0. The lowest BCUT2D eigenvalue weighted by molar-refractivity contribution is -0.138. The van der Waals surface area contributed by atoms with Gasteiger partial charge in [0.25, 0.3) is 0 Å². The van der Waals surface area contributed by atoms with Gasteiger partial charge >= 0.3 is 0 Å². The van der Waals surface area contributed by atoms with E-state index in [2.05, 4.69) is 35.2 Å². The van der Waals surface area contributed by atoms with Crippen molar-refractivity contribution in [1.29, 1.82) is 0 Å². The van der Waals surface area contributed by atoms with Crippen molar-refractivity contribution in [2.75, 3.05) is 32.4 Å². The van der Waals surface area contributed by atoms with Crippen molar-refractivity contribution in [2.45, 2.75) is 43.5 Å². The molecule has 2 aliphatic heterocycles. The number of nitrogens with zero attached hydrogens (tertiary/aromatic N) is 2. The Morgan fingerprint density at radius 2 is 1.57 bits per heavy atom. The molecular formula is C25H32N2O2S. The third kappa shape index (κ3) is 4.84. The molecule has 5 heteroatoms. The maximum Gasteiger partial charge on any atom is 0.229 e. The molecule has 2 aromatic carbocycles. The molecule has 1 amide bonds. The number of carbonyl (C=O) groups is 1. The van der Waals surface area contributed by atoms with E-state index in [4.69, 9.17) is 0 Å². The number of benzene rings is 2. The lowest BCUT2D eigenvalue weighted by atomic mass is 9.77. The SMILES string of the molecule is CS(=O)c1ccc(CN2CCC3(CCN(CCCc4ccccc4)CC3)C2=O)cc1. The number of likely N-dealkylation sites (tertiary alicyclic amines) is 2. The van der Waals surface area contributed by atoms with Crippen LogP contribution in [0.2, 0.25) is 0 Å². The zero-order valence-corrected chi connectivity index (χ0v) is 18.7. The molecule has 4 nitrogen and oxygen atoms in total.